The van der Waals surface area contributed by atoms with Crippen molar-refractivity contribution in [1.29, 1.82) is 0 Å². The number of furan rings is 1. The Kier molecular flexibility index (Phi) is 1.85. The van der Waals surface area contributed by atoms with E-state index in [9.17, 15) is 5.11 Å². The molecule has 13 heavy (non-hydrogen) atoms. The molecule has 0 saturated carbocycles. The van der Waals surface area contributed by atoms with Crippen LogP contribution in [0.3, 0.4) is 0 Å². The van der Waals surface area contributed by atoms with Crippen molar-refractivity contribution in [3.63, 3.8) is 0 Å². The highest BCUT2D eigenvalue weighted by atomic mass is 16.5. The van der Waals surface area contributed by atoms with Crippen LogP contribution in [0.4, 0.5) is 0 Å². The van der Waals surface area contributed by atoms with E-state index in [0.717, 1.165) is 0 Å². The Morgan fingerprint density at radius 1 is 1.46 bits per heavy atom. The molecule has 1 aromatic carbocycles. The summed E-state index contributed by atoms with van der Waals surface area (Å²) in [5.41, 5.74) is 0.599. The third-order valence-corrected chi connectivity index (χ3v) is 1.84. The molecule has 0 saturated heterocycles. The predicted molar refractivity (Wildman–Crippen MR) is 49.0 cm³/mol. The van der Waals surface area contributed by atoms with Crippen LogP contribution in [-0.2, 0) is 0 Å². The zero-order valence-corrected chi connectivity index (χ0v) is 7.28. The van der Waals surface area contributed by atoms with E-state index < -0.39 is 0 Å². The van der Waals surface area contributed by atoms with Crippen LogP contribution in [0.2, 0.25) is 0 Å². The van der Waals surface area contributed by atoms with Crippen molar-refractivity contribution in [2.24, 2.45) is 0 Å². The van der Waals surface area contributed by atoms with Crippen molar-refractivity contribution in [2.75, 3.05) is 6.61 Å². The summed E-state index contributed by atoms with van der Waals surface area (Å²) in [7, 11) is 0. The summed E-state index contributed by atoms with van der Waals surface area (Å²) >= 11 is 0. The molecule has 2 aromatic rings. The molecule has 0 spiro atoms. The summed E-state index contributed by atoms with van der Waals surface area (Å²) in [6.45, 7) is 2.49. The van der Waals surface area contributed by atoms with Crippen molar-refractivity contribution >= 4 is 11.0 Å². The summed E-state index contributed by atoms with van der Waals surface area (Å²) in [5.74, 6) is 0.817. The van der Waals surface area contributed by atoms with Crippen LogP contribution < -0.4 is 4.74 Å². The first kappa shape index (κ1) is 7.98. The van der Waals surface area contributed by atoms with Crippen LogP contribution in [0.1, 0.15) is 6.92 Å². The van der Waals surface area contributed by atoms with Crippen LogP contribution in [0.25, 0.3) is 11.0 Å². The topological polar surface area (TPSA) is 42.6 Å². The first-order valence-electron chi connectivity index (χ1n) is 4.15. The number of ether oxygens (including phenoxy) is 1. The number of hydrogen-bond acceptors (Lipinski definition) is 3. The van der Waals surface area contributed by atoms with Crippen LogP contribution in [0.5, 0.6) is 11.5 Å². The van der Waals surface area contributed by atoms with Gasteiger partial charge < -0.3 is 14.3 Å². The predicted octanol–water partition coefficient (Wildman–Crippen LogP) is 2.54. The van der Waals surface area contributed by atoms with Crippen LogP contribution >= 0.6 is 0 Å². The fourth-order valence-corrected chi connectivity index (χ4v) is 1.29. The number of aromatic hydroxyl groups is 1. The molecule has 0 unspecified atom stereocenters. The summed E-state index contributed by atoms with van der Waals surface area (Å²) in [4.78, 5) is 0. The lowest BCUT2D eigenvalue weighted by Crippen LogP contribution is -1.90. The molecular weight excluding hydrogens is 168 g/mol. The van der Waals surface area contributed by atoms with Crippen molar-refractivity contribution < 1.29 is 14.3 Å². The molecule has 1 N–H and O–H groups in total. The number of para-hydroxylation sites is 1. The highest BCUT2D eigenvalue weighted by Crippen LogP contribution is 2.33. The van der Waals surface area contributed by atoms with E-state index in [2.05, 4.69) is 0 Å². The van der Waals surface area contributed by atoms with Gasteiger partial charge in [0.2, 0.25) is 0 Å². The lowest BCUT2D eigenvalue weighted by molar-refractivity contribution is 0.338. The maximum absolute atomic E-state index is 9.35. The van der Waals surface area contributed by atoms with Gasteiger partial charge in [-0.1, -0.05) is 6.07 Å². The van der Waals surface area contributed by atoms with E-state index in [1.807, 2.05) is 19.1 Å². The van der Waals surface area contributed by atoms with Crippen LogP contribution in [0.15, 0.2) is 28.9 Å². The Morgan fingerprint density at radius 3 is 3.08 bits per heavy atom. The smallest absolute Gasteiger partial charge is 0.179 e. The quantitative estimate of drug-likeness (QED) is 0.768. The molecule has 3 nitrogen and oxygen atoms in total. The highest BCUT2D eigenvalue weighted by Gasteiger charge is 2.08. The third-order valence-electron chi connectivity index (χ3n) is 1.84. The SMILES string of the molecule is CCOc1cccc2c(O)coc12. The van der Waals surface area contributed by atoms with E-state index in [1.165, 1.54) is 6.26 Å². The molecule has 0 fully saturated rings. The van der Waals surface area contributed by atoms with Gasteiger partial charge in [0.25, 0.3) is 0 Å². The monoisotopic (exact) mass is 178 g/mol. The second-order valence-corrected chi connectivity index (χ2v) is 2.69. The molecule has 0 aliphatic heterocycles. The molecular formula is C10H10O3. The Bertz CT molecular complexity index is 417. The van der Waals surface area contributed by atoms with E-state index in [-0.39, 0.29) is 5.75 Å². The lowest BCUT2D eigenvalue weighted by atomic mass is 10.2. The van der Waals surface area contributed by atoms with Crippen LogP contribution in [0, 0.1) is 0 Å². The standard InChI is InChI=1S/C10H10O3/c1-2-12-9-5-3-4-7-8(11)6-13-10(7)9/h3-6,11H,2H2,1H3. The molecule has 0 bridgehead atoms. The first-order chi connectivity index (χ1) is 6.33. The molecule has 0 radical (unpaired) electrons. The summed E-state index contributed by atoms with van der Waals surface area (Å²) in [6, 6.07) is 5.42. The Hall–Kier alpha value is -1.64. The fourth-order valence-electron chi connectivity index (χ4n) is 1.29. The van der Waals surface area contributed by atoms with Crippen LogP contribution in [-0.4, -0.2) is 11.7 Å². The Balaban J connectivity index is 2.63. The van der Waals surface area contributed by atoms with Crippen molar-refractivity contribution in [2.45, 2.75) is 6.92 Å². The summed E-state index contributed by atoms with van der Waals surface area (Å²) in [6.07, 6.45) is 1.31. The van der Waals surface area contributed by atoms with Gasteiger partial charge in [-0.15, -0.1) is 0 Å². The summed E-state index contributed by atoms with van der Waals surface area (Å²) in [5, 5.41) is 10.0. The van der Waals surface area contributed by atoms with E-state index >= 15 is 0 Å². The second kappa shape index (κ2) is 3.01. The van der Waals surface area contributed by atoms with E-state index in [4.69, 9.17) is 9.15 Å². The van der Waals surface area contributed by atoms with Gasteiger partial charge >= 0.3 is 0 Å². The van der Waals surface area contributed by atoms with Crippen molar-refractivity contribution in [1.82, 2.24) is 0 Å². The van der Waals surface area contributed by atoms with Gasteiger partial charge in [-0.3, -0.25) is 0 Å². The first-order valence-corrected chi connectivity index (χ1v) is 4.15. The van der Waals surface area contributed by atoms with Gasteiger partial charge in [0.15, 0.2) is 17.1 Å². The molecule has 0 aliphatic carbocycles. The van der Waals surface area contributed by atoms with Gasteiger partial charge in [0.1, 0.15) is 6.26 Å². The molecule has 1 heterocycles. The number of benzene rings is 1. The third kappa shape index (κ3) is 1.22. The zero-order chi connectivity index (χ0) is 9.26. The Morgan fingerprint density at radius 2 is 2.31 bits per heavy atom. The Labute approximate surface area is 75.5 Å². The van der Waals surface area contributed by atoms with E-state index in [0.29, 0.717) is 23.3 Å². The lowest BCUT2D eigenvalue weighted by Gasteiger charge is -2.01. The number of hydrogen-bond donors (Lipinski definition) is 1. The zero-order valence-electron chi connectivity index (χ0n) is 7.28. The minimum Gasteiger partial charge on any atom is -0.504 e. The normalized spacial score (nSPS) is 10.5. The number of rotatable bonds is 2. The molecule has 1 aromatic heterocycles. The largest absolute Gasteiger partial charge is 0.504 e. The molecule has 0 amide bonds. The molecule has 0 atom stereocenters. The molecule has 68 valence electrons. The minimum atomic E-state index is 0.150. The van der Waals surface area contributed by atoms with Gasteiger partial charge in [0.05, 0.1) is 12.0 Å². The second-order valence-electron chi connectivity index (χ2n) is 2.69. The average Bonchev–Trinajstić information content (AvgIpc) is 2.50. The van der Waals surface area contributed by atoms with Gasteiger partial charge in [0, 0.05) is 0 Å². The van der Waals surface area contributed by atoms with Gasteiger partial charge in [-0.25, -0.2) is 0 Å². The fraction of sp³-hybridized carbons (Fsp3) is 0.200. The average molecular weight is 178 g/mol. The minimum absolute atomic E-state index is 0.150. The highest BCUT2D eigenvalue weighted by molar-refractivity contribution is 5.88. The summed E-state index contributed by atoms with van der Waals surface area (Å²) < 4.78 is 10.5. The van der Waals surface area contributed by atoms with Crippen molar-refractivity contribution in [3.05, 3.63) is 24.5 Å². The van der Waals surface area contributed by atoms with Crippen molar-refractivity contribution in [3.8, 4) is 11.5 Å². The number of fused-ring (bicyclic) bond motifs is 1. The van der Waals surface area contributed by atoms with Gasteiger partial charge in [-0.2, -0.15) is 0 Å². The molecule has 0 aliphatic rings. The maximum Gasteiger partial charge on any atom is 0.179 e. The van der Waals surface area contributed by atoms with E-state index in [1.54, 1.807) is 6.07 Å². The van der Waals surface area contributed by atoms with Gasteiger partial charge in [-0.05, 0) is 19.1 Å². The molecule has 3 heteroatoms. The molecule has 2 rings (SSSR count). The maximum atomic E-state index is 9.35.